The van der Waals surface area contributed by atoms with Crippen LogP contribution in [0.1, 0.15) is 17.7 Å². The number of amides is 1. The lowest BCUT2D eigenvalue weighted by atomic mass is 10.2. The third kappa shape index (κ3) is 4.01. The Hall–Kier alpha value is -2.50. The summed E-state index contributed by atoms with van der Waals surface area (Å²) in [5, 5.41) is 9.54. The van der Waals surface area contributed by atoms with Crippen LogP contribution in [0.5, 0.6) is 5.75 Å². The molecule has 0 radical (unpaired) electrons. The minimum atomic E-state index is -0.0606. The third-order valence-corrected chi connectivity index (χ3v) is 2.87. The Bertz CT molecular complexity index is 580. The molecule has 2 rings (SSSR count). The van der Waals surface area contributed by atoms with Crippen LogP contribution in [0.2, 0.25) is 0 Å². The zero-order valence-corrected chi connectivity index (χ0v) is 11.3. The minimum Gasteiger partial charge on any atom is -0.493 e. The molecule has 1 amide bonds. The number of ether oxygens (including phenoxy) is 1. The summed E-state index contributed by atoms with van der Waals surface area (Å²) in [6, 6.07) is 7.13. The number of aromatic amines is 1. The molecule has 6 heteroatoms. The van der Waals surface area contributed by atoms with Gasteiger partial charge in [0.25, 0.3) is 0 Å². The first-order chi connectivity index (χ1) is 9.65. The minimum absolute atomic E-state index is 0.0606. The molecule has 0 saturated heterocycles. The van der Waals surface area contributed by atoms with Crippen molar-refractivity contribution in [1.82, 2.24) is 15.5 Å². The highest BCUT2D eigenvalue weighted by Gasteiger charge is 2.05. The van der Waals surface area contributed by atoms with Gasteiger partial charge in [-0.3, -0.25) is 9.89 Å². The number of rotatable bonds is 6. The standard InChI is InChI=1S/C14H18N4O2/c1-10-11(9-17-18-10)8-16-14(19)5-6-20-13-4-2-3-12(15)7-13/h2-4,7,9H,5-6,8,15H2,1H3,(H,16,19)(H,17,18). The van der Waals surface area contributed by atoms with Crippen LogP contribution in [0, 0.1) is 6.92 Å². The van der Waals surface area contributed by atoms with Gasteiger partial charge < -0.3 is 15.8 Å². The van der Waals surface area contributed by atoms with Gasteiger partial charge in [-0.2, -0.15) is 5.10 Å². The van der Waals surface area contributed by atoms with E-state index in [0.717, 1.165) is 11.3 Å². The van der Waals surface area contributed by atoms with Crippen molar-refractivity contribution in [3.8, 4) is 5.75 Å². The molecule has 0 aliphatic heterocycles. The molecule has 2 aromatic rings. The van der Waals surface area contributed by atoms with Gasteiger partial charge in [-0.25, -0.2) is 0 Å². The quantitative estimate of drug-likeness (QED) is 0.694. The number of hydrogen-bond acceptors (Lipinski definition) is 4. The molecule has 1 aromatic heterocycles. The van der Waals surface area contributed by atoms with E-state index in [2.05, 4.69) is 15.5 Å². The average Bonchev–Trinajstić information content (AvgIpc) is 2.82. The lowest BCUT2D eigenvalue weighted by Crippen LogP contribution is -2.24. The first-order valence-electron chi connectivity index (χ1n) is 6.39. The molecule has 106 valence electrons. The SMILES string of the molecule is Cc1[nH]ncc1CNC(=O)CCOc1cccc(N)c1. The Morgan fingerprint density at radius 2 is 2.35 bits per heavy atom. The van der Waals surface area contributed by atoms with Crippen LogP contribution in [0.3, 0.4) is 0 Å². The van der Waals surface area contributed by atoms with Crippen molar-refractivity contribution in [3.05, 3.63) is 41.7 Å². The fourth-order valence-corrected chi connectivity index (χ4v) is 1.70. The molecule has 0 bridgehead atoms. The molecule has 0 atom stereocenters. The van der Waals surface area contributed by atoms with Crippen LogP contribution in [0.25, 0.3) is 0 Å². The number of H-pyrrole nitrogens is 1. The summed E-state index contributed by atoms with van der Waals surface area (Å²) in [5.74, 6) is 0.609. The van der Waals surface area contributed by atoms with Crippen molar-refractivity contribution in [2.45, 2.75) is 19.9 Å². The number of carbonyl (C=O) groups is 1. The second-order valence-corrected chi connectivity index (χ2v) is 4.47. The smallest absolute Gasteiger partial charge is 0.223 e. The number of hydrogen-bond donors (Lipinski definition) is 3. The van der Waals surface area contributed by atoms with E-state index in [4.69, 9.17) is 10.5 Å². The summed E-state index contributed by atoms with van der Waals surface area (Å²) in [7, 11) is 0. The Morgan fingerprint density at radius 3 is 3.05 bits per heavy atom. The number of nitrogens with two attached hydrogens (primary N) is 1. The molecule has 0 aliphatic carbocycles. The van der Waals surface area contributed by atoms with Gasteiger partial charge in [0.05, 0.1) is 19.2 Å². The fraction of sp³-hybridized carbons (Fsp3) is 0.286. The monoisotopic (exact) mass is 274 g/mol. The molecule has 4 N–H and O–H groups in total. The van der Waals surface area contributed by atoms with Gasteiger partial charge in [0.2, 0.25) is 5.91 Å². The van der Waals surface area contributed by atoms with Crippen LogP contribution in [-0.2, 0) is 11.3 Å². The molecule has 1 aromatic carbocycles. The number of nitrogens with one attached hydrogen (secondary N) is 2. The molecular formula is C14H18N4O2. The first kappa shape index (κ1) is 13.9. The number of nitrogens with zero attached hydrogens (tertiary/aromatic N) is 1. The molecule has 6 nitrogen and oxygen atoms in total. The second kappa shape index (κ2) is 6.60. The summed E-state index contributed by atoms with van der Waals surface area (Å²) in [6.07, 6.45) is 2.00. The number of aryl methyl sites for hydroxylation is 1. The Morgan fingerprint density at radius 1 is 1.50 bits per heavy atom. The molecule has 20 heavy (non-hydrogen) atoms. The van der Waals surface area contributed by atoms with Crippen LogP contribution >= 0.6 is 0 Å². The van der Waals surface area contributed by atoms with E-state index in [-0.39, 0.29) is 5.91 Å². The number of benzene rings is 1. The summed E-state index contributed by atoms with van der Waals surface area (Å²) < 4.78 is 5.46. The number of nitrogen functional groups attached to an aromatic ring is 1. The normalized spacial score (nSPS) is 10.2. The largest absolute Gasteiger partial charge is 0.493 e. The van der Waals surface area contributed by atoms with Crippen molar-refractivity contribution in [2.24, 2.45) is 0 Å². The Kier molecular flexibility index (Phi) is 4.60. The number of aromatic nitrogens is 2. The van der Waals surface area contributed by atoms with Crippen LogP contribution in [0.4, 0.5) is 5.69 Å². The van der Waals surface area contributed by atoms with Crippen molar-refractivity contribution >= 4 is 11.6 Å². The van der Waals surface area contributed by atoms with Crippen molar-refractivity contribution in [1.29, 1.82) is 0 Å². The van der Waals surface area contributed by atoms with Gasteiger partial charge in [0.15, 0.2) is 0 Å². The topological polar surface area (TPSA) is 93.0 Å². The molecule has 0 fully saturated rings. The number of anilines is 1. The van der Waals surface area contributed by atoms with Crippen molar-refractivity contribution in [3.63, 3.8) is 0 Å². The Balaban J connectivity index is 1.69. The van der Waals surface area contributed by atoms with Gasteiger partial charge in [-0.15, -0.1) is 0 Å². The molecule has 0 aliphatic rings. The van der Waals surface area contributed by atoms with Crippen LogP contribution < -0.4 is 15.8 Å². The maximum atomic E-state index is 11.7. The highest BCUT2D eigenvalue weighted by molar-refractivity contribution is 5.76. The van der Waals surface area contributed by atoms with E-state index in [1.54, 1.807) is 18.3 Å². The number of carbonyl (C=O) groups excluding carboxylic acids is 1. The van der Waals surface area contributed by atoms with Crippen molar-refractivity contribution in [2.75, 3.05) is 12.3 Å². The van der Waals surface area contributed by atoms with Gasteiger partial charge in [0.1, 0.15) is 5.75 Å². The molecule has 1 heterocycles. The predicted octanol–water partition coefficient (Wildman–Crippen LogP) is 1.39. The van der Waals surface area contributed by atoms with E-state index in [1.807, 2.05) is 19.1 Å². The van der Waals surface area contributed by atoms with Gasteiger partial charge in [0, 0.05) is 29.6 Å². The van der Waals surface area contributed by atoms with Gasteiger partial charge in [-0.05, 0) is 19.1 Å². The predicted molar refractivity (Wildman–Crippen MR) is 76.1 cm³/mol. The summed E-state index contributed by atoms with van der Waals surface area (Å²) in [5.41, 5.74) is 8.22. The third-order valence-electron chi connectivity index (χ3n) is 2.87. The fourth-order valence-electron chi connectivity index (χ4n) is 1.70. The highest BCUT2D eigenvalue weighted by atomic mass is 16.5. The van der Waals surface area contributed by atoms with Gasteiger partial charge >= 0.3 is 0 Å². The van der Waals surface area contributed by atoms with E-state index < -0.39 is 0 Å². The average molecular weight is 274 g/mol. The highest BCUT2D eigenvalue weighted by Crippen LogP contribution is 2.14. The molecular weight excluding hydrogens is 256 g/mol. The summed E-state index contributed by atoms with van der Waals surface area (Å²) in [4.78, 5) is 11.7. The Labute approximate surface area is 117 Å². The zero-order chi connectivity index (χ0) is 14.4. The van der Waals surface area contributed by atoms with E-state index in [1.165, 1.54) is 0 Å². The molecule has 0 saturated carbocycles. The lowest BCUT2D eigenvalue weighted by molar-refractivity contribution is -0.121. The second-order valence-electron chi connectivity index (χ2n) is 4.47. The summed E-state index contributed by atoms with van der Waals surface area (Å²) >= 11 is 0. The molecule has 0 unspecified atom stereocenters. The maximum absolute atomic E-state index is 11.7. The first-order valence-corrected chi connectivity index (χ1v) is 6.39. The summed E-state index contributed by atoms with van der Waals surface area (Å²) in [6.45, 7) is 2.70. The van der Waals surface area contributed by atoms with Gasteiger partial charge in [-0.1, -0.05) is 6.07 Å². The zero-order valence-electron chi connectivity index (χ0n) is 11.3. The van der Waals surface area contributed by atoms with Crippen molar-refractivity contribution < 1.29 is 9.53 Å². The van der Waals surface area contributed by atoms with E-state index >= 15 is 0 Å². The molecule has 0 spiro atoms. The van der Waals surface area contributed by atoms with E-state index in [9.17, 15) is 4.79 Å². The maximum Gasteiger partial charge on any atom is 0.223 e. The lowest BCUT2D eigenvalue weighted by Gasteiger charge is -2.07. The van der Waals surface area contributed by atoms with Crippen LogP contribution in [-0.4, -0.2) is 22.7 Å². The van der Waals surface area contributed by atoms with E-state index in [0.29, 0.717) is 31.0 Å². The van der Waals surface area contributed by atoms with Crippen LogP contribution in [0.15, 0.2) is 30.5 Å².